The summed E-state index contributed by atoms with van der Waals surface area (Å²) >= 11 is 0. The molecule has 2 rings (SSSR count). The summed E-state index contributed by atoms with van der Waals surface area (Å²) in [5, 5.41) is 13.0. The van der Waals surface area contributed by atoms with Crippen molar-refractivity contribution in [2.75, 3.05) is 5.73 Å². The van der Waals surface area contributed by atoms with Crippen molar-refractivity contribution < 1.29 is 4.39 Å². The Kier molecular flexibility index (Phi) is 1.66. The van der Waals surface area contributed by atoms with Gasteiger partial charge in [-0.15, -0.1) is 10.2 Å². The van der Waals surface area contributed by atoms with Crippen LogP contribution in [-0.2, 0) is 0 Å². The molecule has 0 atom stereocenters. The molecular weight excluding hydrogens is 173 g/mol. The molecule has 1 heterocycles. The van der Waals surface area contributed by atoms with Crippen molar-refractivity contribution >= 4 is 5.69 Å². The second-order valence-electron chi connectivity index (χ2n) is 2.47. The molecule has 0 amide bonds. The van der Waals surface area contributed by atoms with Crippen LogP contribution in [0.15, 0.2) is 18.2 Å². The summed E-state index contributed by atoms with van der Waals surface area (Å²) in [5.41, 5.74) is 6.45. The number of nitrogens with two attached hydrogens (primary N) is 1. The number of benzene rings is 1. The van der Waals surface area contributed by atoms with E-state index in [2.05, 4.69) is 20.6 Å². The van der Waals surface area contributed by atoms with E-state index >= 15 is 0 Å². The molecule has 0 spiro atoms. The average molecular weight is 179 g/mol. The second kappa shape index (κ2) is 2.81. The van der Waals surface area contributed by atoms with Crippen molar-refractivity contribution in [1.82, 2.24) is 20.6 Å². The van der Waals surface area contributed by atoms with Gasteiger partial charge in [0.05, 0.1) is 0 Å². The van der Waals surface area contributed by atoms with Crippen molar-refractivity contribution in [3.8, 4) is 11.4 Å². The van der Waals surface area contributed by atoms with Crippen LogP contribution < -0.4 is 5.73 Å². The fraction of sp³-hybridized carbons (Fsp3) is 0. The highest BCUT2D eigenvalue weighted by Gasteiger charge is 2.07. The minimum atomic E-state index is -0.381. The summed E-state index contributed by atoms with van der Waals surface area (Å²) < 4.78 is 12.8. The van der Waals surface area contributed by atoms with Gasteiger partial charge in [0.1, 0.15) is 5.82 Å². The minimum absolute atomic E-state index is 0.289. The van der Waals surface area contributed by atoms with Gasteiger partial charge in [0.2, 0.25) is 5.82 Å². The van der Waals surface area contributed by atoms with Crippen molar-refractivity contribution in [3.05, 3.63) is 24.0 Å². The Hall–Kier alpha value is -1.98. The molecule has 3 N–H and O–H groups in total. The fourth-order valence-electron chi connectivity index (χ4n) is 0.998. The monoisotopic (exact) mass is 179 g/mol. The smallest absolute Gasteiger partial charge is 0.206 e. The minimum Gasteiger partial charge on any atom is -0.398 e. The lowest BCUT2D eigenvalue weighted by atomic mass is 10.1. The number of halogens is 1. The van der Waals surface area contributed by atoms with Crippen molar-refractivity contribution in [2.45, 2.75) is 0 Å². The highest BCUT2D eigenvalue weighted by Crippen LogP contribution is 2.21. The molecule has 0 aliphatic heterocycles. The molecule has 0 aliphatic rings. The third-order valence-corrected chi connectivity index (χ3v) is 1.60. The standard InChI is InChI=1S/C7H6FN5/c8-4-1-2-6(9)5(3-4)7-10-12-13-11-7/h1-3H,9H2,(H,10,11,12,13). The van der Waals surface area contributed by atoms with Gasteiger partial charge in [0.15, 0.2) is 0 Å². The zero-order chi connectivity index (χ0) is 9.26. The van der Waals surface area contributed by atoms with Crippen LogP contribution in [0, 0.1) is 5.82 Å². The van der Waals surface area contributed by atoms with Crippen LogP contribution >= 0.6 is 0 Å². The number of tetrazole rings is 1. The lowest BCUT2D eigenvalue weighted by Crippen LogP contribution is -1.92. The van der Waals surface area contributed by atoms with E-state index in [-0.39, 0.29) is 11.6 Å². The number of nitrogens with one attached hydrogen (secondary N) is 1. The van der Waals surface area contributed by atoms with E-state index in [1.807, 2.05) is 0 Å². The first kappa shape index (κ1) is 7.66. The predicted molar refractivity (Wildman–Crippen MR) is 44.0 cm³/mol. The Labute approximate surface area is 72.8 Å². The highest BCUT2D eigenvalue weighted by atomic mass is 19.1. The van der Waals surface area contributed by atoms with Crippen LogP contribution in [0.2, 0.25) is 0 Å². The lowest BCUT2D eigenvalue weighted by molar-refractivity contribution is 0.628. The van der Waals surface area contributed by atoms with Gasteiger partial charge in [-0.3, -0.25) is 0 Å². The Balaban J connectivity index is 2.57. The van der Waals surface area contributed by atoms with Crippen LogP contribution in [-0.4, -0.2) is 20.6 Å². The first-order valence-electron chi connectivity index (χ1n) is 3.56. The van der Waals surface area contributed by atoms with Crippen molar-refractivity contribution in [3.63, 3.8) is 0 Å². The number of nitrogens with zero attached hydrogens (tertiary/aromatic N) is 3. The summed E-state index contributed by atoms with van der Waals surface area (Å²) in [7, 11) is 0. The molecule has 0 unspecified atom stereocenters. The largest absolute Gasteiger partial charge is 0.398 e. The highest BCUT2D eigenvalue weighted by molar-refractivity contribution is 5.70. The molecule has 0 radical (unpaired) electrons. The van der Waals surface area contributed by atoms with Gasteiger partial charge in [-0.05, 0) is 23.4 Å². The molecule has 66 valence electrons. The number of aromatic amines is 1. The van der Waals surface area contributed by atoms with Gasteiger partial charge >= 0.3 is 0 Å². The molecule has 5 nitrogen and oxygen atoms in total. The van der Waals surface area contributed by atoms with Crippen LogP contribution in [0.5, 0.6) is 0 Å². The summed E-state index contributed by atoms with van der Waals surface area (Å²) in [6.07, 6.45) is 0. The molecule has 0 saturated heterocycles. The van der Waals surface area contributed by atoms with Gasteiger partial charge < -0.3 is 5.73 Å². The van der Waals surface area contributed by atoms with Crippen molar-refractivity contribution in [1.29, 1.82) is 0 Å². The third kappa shape index (κ3) is 1.33. The Morgan fingerprint density at radius 3 is 2.92 bits per heavy atom. The molecule has 0 aliphatic carbocycles. The molecule has 1 aromatic heterocycles. The zero-order valence-electron chi connectivity index (χ0n) is 6.53. The maximum absolute atomic E-state index is 12.8. The second-order valence-corrected chi connectivity index (χ2v) is 2.47. The maximum atomic E-state index is 12.8. The van der Waals surface area contributed by atoms with E-state index in [9.17, 15) is 4.39 Å². The normalized spacial score (nSPS) is 10.2. The SMILES string of the molecule is Nc1ccc(F)cc1-c1nn[nH]n1. The van der Waals surface area contributed by atoms with Crippen LogP contribution in [0.4, 0.5) is 10.1 Å². The third-order valence-electron chi connectivity index (χ3n) is 1.60. The summed E-state index contributed by atoms with van der Waals surface area (Å²) in [4.78, 5) is 0. The molecule has 0 fully saturated rings. The maximum Gasteiger partial charge on any atom is 0.206 e. The topological polar surface area (TPSA) is 80.5 Å². The molecule has 0 bridgehead atoms. The van der Waals surface area contributed by atoms with E-state index in [1.165, 1.54) is 18.2 Å². The van der Waals surface area contributed by atoms with Gasteiger partial charge in [-0.2, -0.15) is 5.21 Å². The fourth-order valence-corrected chi connectivity index (χ4v) is 0.998. The van der Waals surface area contributed by atoms with E-state index < -0.39 is 0 Å². The van der Waals surface area contributed by atoms with Crippen LogP contribution in [0.3, 0.4) is 0 Å². The van der Waals surface area contributed by atoms with Gasteiger partial charge in [-0.25, -0.2) is 4.39 Å². The van der Waals surface area contributed by atoms with E-state index in [1.54, 1.807) is 0 Å². The molecule has 2 aromatic rings. The van der Waals surface area contributed by atoms with Gasteiger partial charge in [0, 0.05) is 11.3 Å². The zero-order valence-corrected chi connectivity index (χ0v) is 6.53. The Morgan fingerprint density at radius 1 is 1.38 bits per heavy atom. The first-order chi connectivity index (χ1) is 6.27. The first-order valence-corrected chi connectivity index (χ1v) is 3.56. The number of hydrogen-bond donors (Lipinski definition) is 2. The molecule has 13 heavy (non-hydrogen) atoms. The molecule has 0 saturated carbocycles. The molecule has 6 heteroatoms. The number of rotatable bonds is 1. The molecular formula is C7H6FN5. The Bertz CT molecular complexity index is 411. The quantitative estimate of drug-likeness (QED) is 0.628. The van der Waals surface area contributed by atoms with E-state index in [4.69, 9.17) is 5.73 Å². The Morgan fingerprint density at radius 2 is 2.23 bits per heavy atom. The van der Waals surface area contributed by atoms with E-state index in [0.29, 0.717) is 11.3 Å². The number of anilines is 1. The number of aromatic nitrogens is 4. The number of hydrogen-bond acceptors (Lipinski definition) is 4. The van der Waals surface area contributed by atoms with Gasteiger partial charge in [-0.1, -0.05) is 0 Å². The average Bonchev–Trinajstić information content (AvgIpc) is 2.61. The molecule has 1 aromatic carbocycles. The van der Waals surface area contributed by atoms with E-state index in [0.717, 1.165) is 0 Å². The number of nitrogen functional groups attached to an aromatic ring is 1. The van der Waals surface area contributed by atoms with Gasteiger partial charge in [0.25, 0.3) is 0 Å². The predicted octanol–water partition coefficient (Wildman–Crippen LogP) is 0.588. The summed E-state index contributed by atoms with van der Waals surface area (Å²) in [6, 6.07) is 4.00. The van der Waals surface area contributed by atoms with Crippen LogP contribution in [0.25, 0.3) is 11.4 Å². The lowest BCUT2D eigenvalue weighted by Gasteiger charge is -1.99. The number of H-pyrrole nitrogens is 1. The summed E-state index contributed by atoms with van der Waals surface area (Å²) in [5.74, 6) is -0.0917. The van der Waals surface area contributed by atoms with Crippen molar-refractivity contribution in [2.24, 2.45) is 0 Å². The van der Waals surface area contributed by atoms with Crippen LogP contribution in [0.1, 0.15) is 0 Å². The summed E-state index contributed by atoms with van der Waals surface area (Å²) in [6.45, 7) is 0.